The van der Waals surface area contributed by atoms with Crippen molar-refractivity contribution in [2.45, 2.75) is 71.6 Å². The molecule has 0 radical (unpaired) electrons. The average molecular weight is 621 g/mol. The molecule has 4 rings (SSSR count). The molecule has 3 aromatic rings. The molecule has 1 aliphatic heterocycles. The van der Waals surface area contributed by atoms with Gasteiger partial charge in [-0.15, -0.1) is 10.2 Å². The molecule has 0 saturated heterocycles. The number of aromatic nitrogens is 2. The highest BCUT2D eigenvalue weighted by Gasteiger charge is 2.43. The maximum Gasteiger partial charge on any atom is 0.264 e. The molecule has 192 valence electrons. The first-order chi connectivity index (χ1) is 17.4. The lowest BCUT2D eigenvalue weighted by Crippen LogP contribution is -2.34. The van der Waals surface area contributed by atoms with Crippen molar-refractivity contribution in [3.05, 3.63) is 44.7 Å². The normalized spacial score (nSPS) is 14.1. The minimum atomic E-state index is -0.373. The molecule has 3 aromatic heterocycles. The van der Waals surface area contributed by atoms with Gasteiger partial charge in [-0.2, -0.15) is 0 Å². The van der Waals surface area contributed by atoms with E-state index in [1.807, 2.05) is 0 Å². The summed E-state index contributed by atoms with van der Waals surface area (Å²) < 4.78 is 12.3. The van der Waals surface area contributed by atoms with Crippen molar-refractivity contribution in [1.82, 2.24) is 15.1 Å². The standard InChI is InChI=1S/C27H31Br2N3O4/c1-3-4-5-6-7-8-9-10-11-17(2)16-32-26(33)22-23(27(32)34)25(19-13-15-21(29)36-19)31-30-24(22)18-12-14-20(28)35-18/h12-15,17H,3-11,16H2,1-2H3. The number of carbonyl (C=O) groups excluding carboxylic acids is 2. The maximum atomic E-state index is 13.6. The number of rotatable bonds is 13. The predicted octanol–water partition coefficient (Wildman–Crippen LogP) is 8.28. The van der Waals surface area contributed by atoms with Gasteiger partial charge in [-0.25, -0.2) is 0 Å². The van der Waals surface area contributed by atoms with Crippen LogP contribution in [0.5, 0.6) is 0 Å². The SMILES string of the molecule is CCCCCCCCCCC(C)CN1C(=O)c2c(-c3ccc(Br)o3)nnc(-c3ccc(Br)o3)c2C1=O. The Labute approximate surface area is 228 Å². The van der Waals surface area contributed by atoms with Gasteiger partial charge >= 0.3 is 0 Å². The van der Waals surface area contributed by atoms with Crippen LogP contribution in [-0.2, 0) is 0 Å². The molecular formula is C27H31Br2N3O4. The van der Waals surface area contributed by atoms with E-state index in [-0.39, 0.29) is 40.2 Å². The number of unbranched alkanes of at least 4 members (excludes halogenated alkanes) is 7. The lowest BCUT2D eigenvalue weighted by atomic mass is 10.0. The molecule has 9 heteroatoms. The van der Waals surface area contributed by atoms with Gasteiger partial charge in [0.25, 0.3) is 11.8 Å². The van der Waals surface area contributed by atoms with Crippen molar-refractivity contribution in [2.24, 2.45) is 5.92 Å². The van der Waals surface area contributed by atoms with Crippen LogP contribution in [0.4, 0.5) is 0 Å². The summed E-state index contributed by atoms with van der Waals surface area (Å²) in [6, 6.07) is 6.82. The Bertz CT molecular complexity index is 1140. The zero-order chi connectivity index (χ0) is 25.7. The second-order valence-electron chi connectivity index (χ2n) is 9.44. The van der Waals surface area contributed by atoms with E-state index in [9.17, 15) is 9.59 Å². The van der Waals surface area contributed by atoms with Crippen molar-refractivity contribution in [2.75, 3.05) is 6.54 Å². The fourth-order valence-electron chi connectivity index (χ4n) is 4.64. The number of hydrogen-bond donors (Lipinski definition) is 0. The van der Waals surface area contributed by atoms with Crippen LogP contribution in [0, 0.1) is 5.92 Å². The highest BCUT2D eigenvalue weighted by molar-refractivity contribution is 9.10. The third kappa shape index (κ3) is 5.99. The second kappa shape index (κ2) is 12.3. The van der Waals surface area contributed by atoms with Gasteiger partial charge in [-0.05, 0) is 68.5 Å². The Kier molecular flexibility index (Phi) is 9.17. The summed E-state index contributed by atoms with van der Waals surface area (Å²) in [6.45, 7) is 4.68. The van der Waals surface area contributed by atoms with Gasteiger partial charge in [0.05, 0.1) is 11.1 Å². The molecule has 0 aromatic carbocycles. The van der Waals surface area contributed by atoms with Crippen LogP contribution in [-0.4, -0.2) is 33.5 Å². The molecule has 4 heterocycles. The zero-order valence-electron chi connectivity index (χ0n) is 20.7. The molecule has 1 atom stereocenters. The van der Waals surface area contributed by atoms with Crippen molar-refractivity contribution in [1.29, 1.82) is 0 Å². The van der Waals surface area contributed by atoms with E-state index >= 15 is 0 Å². The summed E-state index contributed by atoms with van der Waals surface area (Å²) in [5.74, 6) is 0.181. The molecule has 36 heavy (non-hydrogen) atoms. The summed E-state index contributed by atoms with van der Waals surface area (Å²) >= 11 is 6.58. The number of nitrogens with zero attached hydrogens (tertiary/aromatic N) is 3. The highest BCUT2D eigenvalue weighted by atomic mass is 79.9. The fraction of sp³-hybridized carbons (Fsp3) is 0.481. The molecule has 0 saturated carbocycles. The Morgan fingerprint density at radius 2 is 1.25 bits per heavy atom. The molecule has 0 N–H and O–H groups in total. The molecule has 0 spiro atoms. The number of amides is 2. The predicted molar refractivity (Wildman–Crippen MR) is 145 cm³/mol. The molecule has 1 unspecified atom stereocenters. The zero-order valence-corrected chi connectivity index (χ0v) is 23.9. The average Bonchev–Trinajstić information content (AvgIpc) is 3.55. The highest BCUT2D eigenvalue weighted by Crippen LogP contribution is 2.38. The molecule has 1 aliphatic rings. The van der Waals surface area contributed by atoms with Crippen LogP contribution < -0.4 is 0 Å². The Morgan fingerprint density at radius 1 is 0.778 bits per heavy atom. The van der Waals surface area contributed by atoms with Crippen LogP contribution in [0.1, 0.15) is 92.4 Å². The van der Waals surface area contributed by atoms with Gasteiger partial charge in [0.15, 0.2) is 20.9 Å². The quantitative estimate of drug-likeness (QED) is 0.141. The minimum absolute atomic E-state index is 0.190. The van der Waals surface area contributed by atoms with E-state index in [0.29, 0.717) is 27.4 Å². The van der Waals surface area contributed by atoms with Gasteiger partial charge in [-0.1, -0.05) is 65.2 Å². The van der Waals surface area contributed by atoms with Crippen LogP contribution in [0.25, 0.3) is 22.9 Å². The van der Waals surface area contributed by atoms with Crippen molar-refractivity contribution < 1.29 is 18.4 Å². The first-order valence-corrected chi connectivity index (χ1v) is 14.3. The number of imide groups is 1. The smallest absolute Gasteiger partial charge is 0.264 e. The van der Waals surface area contributed by atoms with E-state index in [2.05, 4.69) is 55.9 Å². The van der Waals surface area contributed by atoms with Gasteiger partial charge in [0, 0.05) is 6.54 Å². The summed E-state index contributed by atoms with van der Waals surface area (Å²) in [7, 11) is 0. The molecule has 0 bridgehead atoms. The lowest BCUT2D eigenvalue weighted by Gasteiger charge is -2.19. The maximum absolute atomic E-state index is 13.6. The Morgan fingerprint density at radius 3 is 1.69 bits per heavy atom. The lowest BCUT2D eigenvalue weighted by molar-refractivity contribution is 0.0630. The van der Waals surface area contributed by atoms with Gasteiger partial charge in [0.1, 0.15) is 11.4 Å². The summed E-state index contributed by atoms with van der Waals surface area (Å²) in [5.41, 5.74) is 0.917. The topological polar surface area (TPSA) is 89.4 Å². The molecule has 2 amide bonds. The van der Waals surface area contributed by atoms with E-state index in [0.717, 1.165) is 12.8 Å². The summed E-state index contributed by atoms with van der Waals surface area (Å²) in [6.07, 6.45) is 11.0. The first kappa shape index (κ1) is 26.8. The summed E-state index contributed by atoms with van der Waals surface area (Å²) in [5, 5.41) is 8.55. The van der Waals surface area contributed by atoms with Crippen molar-refractivity contribution in [3.63, 3.8) is 0 Å². The van der Waals surface area contributed by atoms with Crippen LogP contribution in [0.15, 0.2) is 42.4 Å². The van der Waals surface area contributed by atoms with Crippen molar-refractivity contribution in [3.8, 4) is 22.9 Å². The number of carbonyl (C=O) groups is 2. The second-order valence-corrected chi connectivity index (χ2v) is 11.0. The van der Waals surface area contributed by atoms with Gasteiger partial charge in [-0.3, -0.25) is 14.5 Å². The Balaban J connectivity index is 1.49. The number of hydrogen-bond acceptors (Lipinski definition) is 6. The van der Waals surface area contributed by atoms with Gasteiger partial charge < -0.3 is 8.83 Å². The van der Waals surface area contributed by atoms with Crippen LogP contribution in [0.3, 0.4) is 0 Å². The van der Waals surface area contributed by atoms with E-state index in [4.69, 9.17) is 8.83 Å². The number of furan rings is 2. The third-order valence-corrected chi connectivity index (χ3v) is 7.40. The number of halogens is 2. The monoisotopic (exact) mass is 619 g/mol. The first-order valence-electron chi connectivity index (χ1n) is 12.7. The molecular weight excluding hydrogens is 590 g/mol. The van der Waals surface area contributed by atoms with E-state index < -0.39 is 0 Å². The summed E-state index contributed by atoms with van der Waals surface area (Å²) in [4.78, 5) is 28.5. The van der Waals surface area contributed by atoms with Gasteiger partial charge in [0.2, 0.25) is 0 Å². The molecule has 0 aliphatic carbocycles. The number of fused-ring (bicyclic) bond motifs is 1. The molecule has 0 fully saturated rings. The fourth-order valence-corrected chi connectivity index (χ4v) is 5.25. The largest absolute Gasteiger partial charge is 0.448 e. The van der Waals surface area contributed by atoms with E-state index in [1.54, 1.807) is 24.3 Å². The Hall–Kier alpha value is -2.26. The van der Waals surface area contributed by atoms with Crippen LogP contribution >= 0.6 is 31.9 Å². The van der Waals surface area contributed by atoms with E-state index in [1.165, 1.54) is 49.8 Å². The van der Waals surface area contributed by atoms with Crippen LogP contribution in [0.2, 0.25) is 0 Å². The third-order valence-electron chi connectivity index (χ3n) is 6.55. The minimum Gasteiger partial charge on any atom is -0.448 e. The molecule has 7 nitrogen and oxygen atoms in total. The van der Waals surface area contributed by atoms with Crippen molar-refractivity contribution >= 4 is 43.7 Å².